The number of amides is 1. The van der Waals surface area contributed by atoms with E-state index in [4.69, 9.17) is 11.6 Å². The fraction of sp³-hybridized carbons (Fsp3) is 0.263. The number of carbonyl (C=O) groups excluding carboxylic acids is 1. The number of hydrogen-bond acceptors (Lipinski definition) is 4. The third-order valence-corrected chi connectivity index (χ3v) is 5.28. The molecule has 0 radical (unpaired) electrons. The number of thiazole rings is 1. The van der Waals surface area contributed by atoms with Crippen LogP contribution in [0.15, 0.2) is 42.5 Å². The summed E-state index contributed by atoms with van der Waals surface area (Å²) >= 11 is 7.67. The first-order valence-corrected chi connectivity index (χ1v) is 9.38. The lowest BCUT2D eigenvalue weighted by Gasteiger charge is -2.22. The van der Waals surface area contributed by atoms with Gasteiger partial charge in [-0.15, -0.1) is 0 Å². The summed E-state index contributed by atoms with van der Waals surface area (Å²) in [7, 11) is 3.91. The molecule has 3 aromatic rings. The van der Waals surface area contributed by atoms with E-state index in [0.717, 1.165) is 10.3 Å². The highest BCUT2D eigenvalue weighted by molar-refractivity contribution is 7.22. The van der Waals surface area contributed by atoms with Crippen molar-refractivity contribution >= 4 is 44.2 Å². The van der Waals surface area contributed by atoms with Crippen LogP contribution in [0.4, 0.5) is 9.52 Å². The monoisotopic (exact) mass is 391 g/mol. The predicted molar refractivity (Wildman–Crippen MR) is 106 cm³/mol. The molecule has 7 heteroatoms. The number of nitrogens with zero attached hydrogens (tertiary/aromatic N) is 3. The number of hydrogen-bond donors (Lipinski definition) is 0. The lowest BCUT2D eigenvalue weighted by atomic mass is 10.1. The summed E-state index contributed by atoms with van der Waals surface area (Å²) in [5.74, 6) is -0.389. The average Bonchev–Trinajstić information content (AvgIpc) is 3.02. The Bertz CT molecular complexity index is 911. The van der Waals surface area contributed by atoms with E-state index in [0.29, 0.717) is 28.8 Å². The topological polar surface area (TPSA) is 36.4 Å². The molecule has 0 aliphatic heterocycles. The van der Waals surface area contributed by atoms with Crippen LogP contribution in [0.25, 0.3) is 10.2 Å². The van der Waals surface area contributed by atoms with Crippen molar-refractivity contribution in [3.63, 3.8) is 0 Å². The molecule has 0 spiro atoms. The van der Waals surface area contributed by atoms with Crippen molar-refractivity contribution in [1.82, 2.24) is 9.88 Å². The van der Waals surface area contributed by atoms with Crippen molar-refractivity contribution in [2.75, 3.05) is 32.1 Å². The summed E-state index contributed by atoms with van der Waals surface area (Å²) in [6.07, 6.45) is 0.192. The molecule has 0 fully saturated rings. The van der Waals surface area contributed by atoms with Crippen LogP contribution in [-0.4, -0.2) is 43.0 Å². The summed E-state index contributed by atoms with van der Waals surface area (Å²) < 4.78 is 14.0. The number of aromatic nitrogens is 1. The smallest absolute Gasteiger partial charge is 0.233 e. The van der Waals surface area contributed by atoms with Gasteiger partial charge in [-0.1, -0.05) is 41.1 Å². The Morgan fingerprint density at radius 2 is 1.88 bits per heavy atom. The number of para-hydroxylation sites is 1. The van der Waals surface area contributed by atoms with Crippen molar-refractivity contribution in [1.29, 1.82) is 0 Å². The van der Waals surface area contributed by atoms with Crippen LogP contribution < -0.4 is 4.90 Å². The van der Waals surface area contributed by atoms with Crippen LogP contribution in [0.1, 0.15) is 5.56 Å². The number of fused-ring (bicyclic) bond motifs is 1. The van der Waals surface area contributed by atoms with Crippen LogP contribution >= 0.6 is 22.9 Å². The zero-order chi connectivity index (χ0) is 18.7. The zero-order valence-electron chi connectivity index (χ0n) is 14.6. The second-order valence-corrected chi connectivity index (χ2v) is 7.65. The molecule has 0 bridgehead atoms. The van der Waals surface area contributed by atoms with E-state index in [-0.39, 0.29) is 18.1 Å². The molecule has 4 nitrogen and oxygen atoms in total. The molecular weight excluding hydrogens is 373 g/mol. The van der Waals surface area contributed by atoms with Crippen LogP contribution in [0.3, 0.4) is 0 Å². The minimum atomic E-state index is -0.313. The van der Waals surface area contributed by atoms with Crippen LogP contribution in [0.5, 0.6) is 0 Å². The summed E-state index contributed by atoms with van der Waals surface area (Å²) in [6.45, 7) is 1.23. The lowest BCUT2D eigenvalue weighted by molar-refractivity contribution is -0.118. The summed E-state index contributed by atoms with van der Waals surface area (Å²) in [6, 6.07) is 11.6. The average molecular weight is 392 g/mol. The Labute approximate surface area is 160 Å². The fourth-order valence-electron chi connectivity index (χ4n) is 2.52. The third kappa shape index (κ3) is 4.38. The Hall–Kier alpha value is -2.02. The first-order valence-electron chi connectivity index (χ1n) is 8.18. The minimum Gasteiger partial charge on any atom is -0.308 e. The molecule has 0 saturated carbocycles. The van der Waals surface area contributed by atoms with Gasteiger partial charge in [-0.2, -0.15) is 0 Å². The van der Waals surface area contributed by atoms with Crippen molar-refractivity contribution < 1.29 is 9.18 Å². The van der Waals surface area contributed by atoms with E-state index >= 15 is 0 Å². The molecule has 0 atom stereocenters. The van der Waals surface area contributed by atoms with Gasteiger partial charge in [0.15, 0.2) is 5.13 Å². The normalized spacial score (nSPS) is 11.3. The molecule has 0 aliphatic carbocycles. The molecule has 3 rings (SSSR count). The molecule has 0 aliphatic rings. The Balaban J connectivity index is 1.88. The van der Waals surface area contributed by atoms with E-state index in [2.05, 4.69) is 4.98 Å². The summed E-state index contributed by atoms with van der Waals surface area (Å²) in [5, 5.41) is 1.20. The Kier molecular flexibility index (Phi) is 5.86. The molecular formula is C19H19ClFN3OS. The second-order valence-electron chi connectivity index (χ2n) is 6.23. The van der Waals surface area contributed by atoms with Gasteiger partial charge in [0.1, 0.15) is 11.3 Å². The highest BCUT2D eigenvalue weighted by atomic mass is 35.5. The third-order valence-electron chi connectivity index (χ3n) is 3.93. The minimum absolute atomic E-state index is 0.0753. The second kappa shape index (κ2) is 8.12. The molecule has 1 amide bonds. The molecule has 1 aromatic heterocycles. The van der Waals surface area contributed by atoms with E-state index in [9.17, 15) is 9.18 Å². The maximum Gasteiger partial charge on any atom is 0.233 e. The van der Waals surface area contributed by atoms with Gasteiger partial charge < -0.3 is 4.90 Å². The van der Waals surface area contributed by atoms with Gasteiger partial charge in [0, 0.05) is 13.1 Å². The lowest BCUT2D eigenvalue weighted by Crippen LogP contribution is -2.37. The number of benzene rings is 2. The van der Waals surface area contributed by atoms with Crippen LogP contribution in [-0.2, 0) is 11.2 Å². The first kappa shape index (κ1) is 18.8. The SMILES string of the molecule is CN(C)CCN(C(=O)Cc1ccc(F)cc1)c1nc2c(Cl)cccc2s1. The number of halogens is 2. The molecule has 0 N–H and O–H groups in total. The van der Waals surface area contributed by atoms with Gasteiger partial charge in [0.2, 0.25) is 5.91 Å². The highest BCUT2D eigenvalue weighted by Gasteiger charge is 2.21. The number of likely N-dealkylation sites (N-methyl/N-ethyl adjacent to an activating group) is 1. The first-order chi connectivity index (χ1) is 12.4. The molecule has 136 valence electrons. The van der Waals surface area contributed by atoms with Crippen molar-refractivity contribution in [3.05, 3.63) is 58.9 Å². The quantitative estimate of drug-likeness (QED) is 0.631. The summed E-state index contributed by atoms with van der Waals surface area (Å²) in [5.41, 5.74) is 1.48. The van der Waals surface area contributed by atoms with Gasteiger partial charge in [0.05, 0.1) is 16.1 Å². The van der Waals surface area contributed by atoms with E-state index < -0.39 is 0 Å². The number of anilines is 1. The van der Waals surface area contributed by atoms with E-state index in [1.54, 1.807) is 23.1 Å². The molecule has 26 heavy (non-hydrogen) atoms. The van der Waals surface area contributed by atoms with Crippen molar-refractivity contribution in [2.24, 2.45) is 0 Å². The largest absolute Gasteiger partial charge is 0.308 e. The number of carbonyl (C=O) groups is 1. The maximum absolute atomic E-state index is 13.1. The molecule has 1 heterocycles. The van der Waals surface area contributed by atoms with Gasteiger partial charge in [-0.25, -0.2) is 9.37 Å². The Morgan fingerprint density at radius 1 is 1.15 bits per heavy atom. The number of rotatable bonds is 6. The molecule has 2 aromatic carbocycles. The van der Waals surface area contributed by atoms with Gasteiger partial charge in [-0.05, 0) is 43.9 Å². The van der Waals surface area contributed by atoms with Gasteiger partial charge >= 0.3 is 0 Å². The van der Waals surface area contributed by atoms with Gasteiger partial charge in [-0.3, -0.25) is 9.69 Å². The molecule has 0 saturated heterocycles. The molecule has 0 unspecified atom stereocenters. The predicted octanol–water partition coefficient (Wildman–Crippen LogP) is 4.23. The van der Waals surface area contributed by atoms with Gasteiger partial charge in [0.25, 0.3) is 0 Å². The van der Waals surface area contributed by atoms with Crippen LogP contribution in [0.2, 0.25) is 5.02 Å². The van der Waals surface area contributed by atoms with E-state index in [1.165, 1.54) is 23.5 Å². The summed E-state index contributed by atoms with van der Waals surface area (Å²) in [4.78, 5) is 21.2. The Morgan fingerprint density at radius 3 is 2.54 bits per heavy atom. The fourth-order valence-corrected chi connectivity index (χ4v) is 3.83. The van der Waals surface area contributed by atoms with E-state index in [1.807, 2.05) is 31.1 Å². The zero-order valence-corrected chi connectivity index (χ0v) is 16.1. The van der Waals surface area contributed by atoms with Crippen molar-refractivity contribution in [2.45, 2.75) is 6.42 Å². The van der Waals surface area contributed by atoms with Crippen molar-refractivity contribution in [3.8, 4) is 0 Å². The maximum atomic E-state index is 13.1. The van der Waals surface area contributed by atoms with Crippen LogP contribution in [0, 0.1) is 5.82 Å². The highest BCUT2D eigenvalue weighted by Crippen LogP contribution is 2.33. The standard InChI is InChI=1S/C19H19ClFN3OS/c1-23(2)10-11-24(17(25)12-13-6-8-14(21)9-7-13)19-22-18-15(20)4-3-5-16(18)26-19/h3-9H,10-12H2,1-2H3.